The summed E-state index contributed by atoms with van der Waals surface area (Å²) in [6.45, 7) is 5.30. The highest BCUT2D eigenvalue weighted by atomic mass is 16.6. The van der Waals surface area contributed by atoms with E-state index in [4.69, 9.17) is 15.2 Å². The number of hydrogen-bond acceptors (Lipinski definition) is 6. The number of carbonyl (C=O) groups is 1. The topological polar surface area (TPSA) is 106 Å². The van der Waals surface area contributed by atoms with E-state index in [-0.39, 0.29) is 11.8 Å². The maximum atomic E-state index is 12.0. The Morgan fingerprint density at radius 3 is 2.37 bits per heavy atom. The lowest BCUT2D eigenvalue weighted by atomic mass is 9.99. The van der Waals surface area contributed by atoms with E-state index in [1.165, 1.54) is 7.11 Å². The zero-order valence-electron chi connectivity index (χ0n) is 15.9. The number of anilines is 1. The molecule has 0 saturated carbocycles. The first-order valence-electron chi connectivity index (χ1n) is 8.44. The van der Waals surface area contributed by atoms with Crippen LogP contribution in [-0.4, -0.2) is 29.9 Å². The number of nitrogens with one attached hydrogen (secondary N) is 1. The zero-order chi connectivity index (χ0) is 20.0. The standard InChI is InChI=1S/C20H25N3O4/c1-20(2,3)27-19(25)23-18(26-4)22-17(13-8-10-16(24)11-9-13)14-6-5-7-15(21)12-14/h5-12,17,24H,21H2,1-4H3,(H,22,23,25). The van der Waals surface area contributed by atoms with Gasteiger partial charge < -0.3 is 20.3 Å². The first kappa shape index (κ1) is 20.1. The van der Waals surface area contributed by atoms with E-state index in [2.05, 4.69) is 10.3 Å². The first-order valence-corrected chi connectivity index (χ1v) is 8.44. The number of amides is 1. The van der Waals surface area contributed by atoms with E-state index in [1.807, 2.05) is 12.1 Å². The number of nitrogens with zero attached hydrogens (tertiary/aromatic N) is 1. The Bertz CT molecular complexity index is 811. The minimum atomic E-state index is -0.667. The Hall–Kier alpha value is -3.22. The van der Waals surface area contributed by atoms with Crippen LogP contribution >= 0.6 is 0 Å². The van der Waals surface area contributed by atoms with Crippen LogP contribution in [-0.2, 0) is 9.47 Å². The SMILES string of the molecule is COC(=NC(c1ccc(O)cc1)c1cccc(N)c1)NC(=O)OC(C)(C)C. The average Bonchev–Trinajstić information content (AvgIpc) is 2.58. The van der Waals surface area contributed by atoms with E-state index in [1.54, 1.807) is 57.2 Å². The largest absolute Gasteiger partial charge is 0.508 e. The summed E-state index contributed by atoms with van der Waals surface area (Å²) in [5.41, 5.74) is 7.44. The van der Waals surface area contributed by atoms with Gasteiger partial charge in [0.05, 0.1) is 7.11 Å². The molecule has 144 valence electrons. The smallest absolute Gasteiger partial charge is 0.415 e. The van der Waals surface area contributed by atoms with Gasteiger partial charge in [0.15, 0.2) is 0 Å². The van der Waals surface area contributed by atoms with Gasteiger partial charge in [0.25, 0.3) is 6.02 Å². The van der Waals surface area contributed by atoms with E-state index >= 15 is 0 Å². The van der Waals surface area contributed by atoms with Crippen LogP contribution in [0.3, 0.4) is 0 Å². The molecule has 2 aromatic carbocycles. The molecule has 0 spiro atoms. The Morgan fingerprint density at radius 1 is 1.15 bits per heavy atom. The third kappa shape index (κ3) is 6.22. The average molecular weight is 371 g/mol. The van der Waals surface area contributed by atoms with Crippen LogP contribution < -0.4 is 11.1 Å². The molecule has 7 heteroatoms. The molecule has 0 aliphatic carbocycles. The monoisotopic (exact) mass is 371 g/mol. The van der Waals surface area contributed by atoms with Crippen LogP contribution in [0, 0.1) is 0 Å². The number of aliphatic imine (C=N–C) groups is 1. The third-order valence-corrected chi connectivity index (χ3v) is 3.48. The summed E-state index contributed by atoms with van der Waals surface area (Å²) in [4.78, 5) is 16.6. The van der Waals surface area contributed by atoms with E-state index in [0.29, 0.717) is 5.69 Å². The van der Waals surface area contributed by atoms with Crippen LogP contribution in [0.15, 0.2) is 53.5 Å². The molecule has 1 amide bonds. The maximum absolute atomic E-state index is 12.0. The predicted octanol–water partition coefficient (Wildman–Crippen LogP) is 3.59. The fourth-order valence-electron chi connectivity index (χ4n) is 2.37. The fourth-order valence-corrected chi connectivity index (χ4v) is 2.37. The van der Waals surface area contributed by atoms with Gasteiger partial charge in [0.1, 0.15) is 17.4 Å². The Kier molecular flexibility index (Phi) is 6.28. The maximum Gasteiger partial charge on any atom is 0.415 e. The van der Waals surface area contributed by atoms with Gasteiger partial charge in [-0.15, -0.1) is 0 Å². The number of benzene rings is 2. The number of nitrogens with two attached hydrogens (primary N) is 1. The van der Waals surface area contributed by atoms with Crippen molar-refractivity contribution >= 4 is 17.8 Å². The number of phenols is 1. The summed E-state index contributed by atoms with van der Waals surface area (Å²) < 4.78 is 10.5. The van der Waals surface area contributed by atoms with Crippen molar-refractivity contribution in [2.45, 2.75) is 32.4 Å². The van der Waals surface area contributed by atoms with E-state index in [9.17, 15) is 9.90 Å². The number of methoxy groups -OCH3 is 1. The normalized spacial score (nSPS) is 13.0. The second kappa shape index (κ2) is 8.44. The summed E-state index contributed by atoms with van der Waals surface area (Å²) in [5.74, 6) is 0.146. The number of aromatic hydroxyl groups is 1. The quantitative estimate of drug-likeness (QED) is 0.434. The molecule has 1 atom stereocenters. The number of nitrogen functional groups attached to an aromatic ring is 1. The van der Waals surface area contributed by atoms with Crippen molar-refractivity contribution in [1.82, 2.24) is 5.32 Å². The molecule has 2 aromatic rings. The van der Waals surface area contributed by atoms with Gasteiger partial charge in [-0.1, -0.05) is 24.3 Å². The van der Waals surface area contributed by atoms with E-state index < -0.39 is 17.7 Å². The molecule has 0 aromatic heterocycles. The van der Waals surface area contributed by atoms with Gasteiger partial charge in [-0.2, -0.15) is 0 Å². The van der Waals surface area contributed by atoms with E-state index in [0.717, 1.165) is 11.1 Å². The number of ether oxygens (including phenoxy) is 2. The Balaban J connectivity index is 2.38. The number of phenolic OH excluding ortho intramolecular Hbond substituents is 1. The lowest BCUT2D eigenvalue weighted by Gasteiger charge is -2.20. The lowest BCUT2D eigenvalue weighted by molar-refractivity contribution is 0.0551. The van der Waals surface area contributed by atoms with Crippen LogP contribution in [0.2, 0.25) is 0 Å². The highest BCUT2D eigenvalue weighted by Crippen LogP contribution is 2.28. The molecule has 27 heavy (non-hydrogen) atoms. The van der Waals surface area contributed by atoms with Crippen molar-refractivity contribution in [2.75, 3.05) is 12.8 Å². The van der Waals surface area contributed by atoms with Gasteiger partial charge in [0.2, 0.25) is 0 Å². The van der Waals surface area contributed by atoms with Gasteiger partial charge in [-0.25, -0.2) is 15.1 Å². The summed E-state index contributed by atoms with van der Waals surface area (Å²) in [6.07, 6.45) is -0.667. The summed E-state index contributed by atoms with van der Waals surface area (Å²) in [7, 11) is 1.41. The fraction of sp³-hybridized carbons (Fsp3) is 0.300. The van der Waals surface area contributed by atoms with Crippen LogP contribution in [0.25, 0.3) is 0 Å². The molecule has 4 N–H and O–H groups in total. The van der Waals surface area contributed by atoms with Crippen molar-refractivity contribution in [3.8, 4) is 5.75 Å². The molecule has 2 rings (SSSR count). The highest BCUT2D eigenvalue weighted by Gasteiger charge is 2.20. The van der Waals surface area contributed by atoms with Crippen molar-refractivity contribution in [3.63, 3.8) is 0 Å². The Labute approximate surface area is 158 Å². The molecule has 0 bridgehead atoms. The first-order chi connectivity index (χ1) is 12.7. The summed E-state index contributed by atoms with van der Waals surface area (Å²) in [6, 6.07) is 13.4. The molecular weight excluding hydrogens is 346 g/mol. The van der Waals surface area contributed by atoms with Gasteiger partial charge in [0, 0.05) is 5.69 Å². The van der Waals surface area contributed by atoms with Crippen LogP contribution in [0.5, 0.6) is 5.75 Å². The predicted molar refractivity (Wildman–Crippen MR) is 105 cm³/mol. The number of rotatable bonds is 3. The number of amidine groups is 1. The van der Waals surface area contributed by atoms with Gasteiger partial charge in [-0.3, -0.25) is 0 Å². The lowest BCUT2D eigenvalue weighted by Crippen LogP contribution is -2.37. The second-order valence-electron chi connectivity index (χ2n) is 6.93. The minimum absolute atomic E-state index is 0.00440. The molecular formula is C20H25N3O4. The molecule has 0 saturated heterocycles. The molecule has 0 aliphatic heterocycles. The molecule has 0 aliphatic rings. The molecule has 0 radical (unpaired) electrons. The van der Waals surface area contributed by atoms with Gasteiger partial charge >= 0.3 is 6.09 Å². The van der Waals surface area contributed by atoms with Crippen molar-refractivity contribution in [2.24, 2.45) is 4.99 Å². The highest BCUT2D eigenvalue weighted by molar-refractivity contribution is 5.90. The van der Waals surface area contributed by atoms with Crippen LogP contribution in [0.1, 0.15) is 37.9 Å². The minimum Gasteiger partial charge on any atom is -0.508 e. The summed E-state index contributed by atoms with van der Waals surface area (Å²) >= 11 is 0. The van der Waals surface area contributed by atoms with Crippen LogP contribution in [0.4, 0.5) is 10.5 Å². The van der Waals surface area contributed by atoms with Gasteiger partial charge in [-0.05, 0) is 56.2 Å². The second-order valence-corrected chi connectivity index (χ2v) is 6.93. The third-order valence-electron chi connectivity index (χ3n) is 3.48. The van der Waals surface area contributed by atoms with Crippen molar-refractivity contribution < 1.29 is 19.4 Å². The molecule has 0 heterocycles. The summed E-state index contributed by atoms with van der Waals surface area (Å²) in [5, 5.41) is 12.1. The zero-order valence-corrected chi connectivity index (χ0v) is 15.9. The number of hydrogen-bond donors (Lipinski definition) is 3. The van der Waals surface area contributed by atoms with Crippen molar-refractivity contribution in [1.29, 1.82) is 0 Å². The molecule has 0 fully saturated rings. The molecule has 7 nitrogen and oxygen atoms in total. The van der Waals surface area contributed by atoms with Crippen molar-refractivity contribution in [3.05, 3.63) is 59.7 Å². The number of carbonyl (C=O) groups excluding carboxylic acids is 1. The Morgan fingerprint density at radius 2 is 1.81 bits per heavy atom. The molecule has 1 unspecified atom stereocenters. The number of alkyl carbamates (subject to hydrolysis) is 1.